The Kier molecular flexibility index (Phi) is 8.17. The molecular formula is C22H32ClNO4. The van der Waals surface area contributed by atoms with Crippen LogP contribution in [0.1, 0.15) is 71.3 Å². The van der Waals surface area contributed by atoms with E-state index >= 15 is 0 Å². The largest absolute Gasteiger partial charge is 0.465 e. The lowest BCUT2D eigenvalue weighted by atomic mass is 9.64. The third-order valence-corrected chi connectivity index (χ3v) is 5.22. The Labute approximate surface area is 173 Å². The van der Waals surface area contributed by atoms with Gasteiger partial charge in [0.2, 0.25) is 0 Å². The van der Waals surface area contributed by atoms with Crippen molar-refractivity contribution in [2.45, 2.75) is 76.7 Å². The predicted octanol–water partition coefficient (Wildman–Crippen LogP) is 5.39. The molecule has 0 unspecified atom stereocenters. The van der Waals surface area contributed by atoms with Gasteiger partial charge in [-0.2, -0.15) is 0 Å². The van der Waals surface area contributed by atoms with Crippen LogP contribution in [-0.4, -0.2) is 30.8 Å². The zero-order valence-electron chi connectivity index (χ0n) is 17.2. The van der Waals surface area contributed by atoms with Gasteiger partial charge in [-0.3, -0.25) is 4.79 Å². The lowest BCUT2D eigenvalue weighted by molar-refractivity contribution is -0.154. The molecule has 0 saturated heterocycles. The summed E-state index contributed by atoms with van der Waals surface area (Å²) >= 11 is 5.96. The molecule has 0 spiro atoms. The van der Waals surface area contributed by atoms with Crippen LogP contribution in [0.3, 0.4) is 0 Å². The normalized spacial score (nSPS) is 15.4. The van der Waals surface area contributed by atoms with Gasteiger partial charge in [-0.25, -0.2) is 4.79 Å². The molecule has 0 atom stereocenters. The standard InChI is InChI=1S/C22H32ClNO4/c1-21(2,3)28-20(26)24-15-6-4-5-7-16-27-19(25)22(13-8-14-22)17-9-11-18(23)12-10-17/h9-12H,4-8,13-16H2,1-3H3,(H,24,26). The predicted molar refractivity (Wildman–Crippen MR) is 111 cm³/mol. The Morgan fingerprint density at radius 2 is 1.71 bits per heavy atom. The van der Waals surface area contributed by atoms with Crippen LogP contribution in [0.5, 0.6) is 0 Å². The van der Waals surface area contributed by atoms with Crippen LogP contribution in [0.15, 0.2) is 24.3 Å². The number of unbranched alkanes of at least 4 members (excludes halogenated alkanes) is 3. The first-order valence-electron chi connectivity index (χ1n) is 10.1. The monoisotopic (exact) mass is 409 g/mol. The third kappa shape index (κ3) is 6.69. The Morgan fingerprint density at radius 3 is 2.29 bits per heavy atom. The highest BCUT2D eigenvalue weighted by atomic mass is 35.5. The van der Waals surface area contributed by atoms with E-state index in [1.54, 1.807) is 0 Å². The molecule has 0 heterocycles. The highest BCUT2D eigenvalue weighted by Gasteiger charge is 2.46. The van der Waals surface area contributed by atoms with Gasteiger partial charge in [-0.05, 0) is 70.6 Å². The van der Waals surface area contributed by atoms with Crippen molar-refractivity contribution in [1.29, 1.82) is 0 Å². The summed E-state index contributed by atoms with van der Waals surface area (Å²) in [5.74, 6) is -0.118. The first-order chi connectivity index (χ1) is 13.2. The van der Waals surface area contributed by atoms with Crippen molar-refractivity contribution in [3.63, 3.8) is 0 Å². The van der Waals surface area contributed by atoms with Crippen LogP contribution in [0.25, 0.3) is 0 Å². The number of halogens is 1. The SMILES string of the molecule is CC(C)(C)OC(=O)NCCCCCCOC(=O)C1(c2ccc(Cl)cc2)CCC1. The molecule has 1 amide bonds. The molecule has 5 nitrogen and oxygen atoms in total. The molecule has 1 aliphatic rings. The Bertz CT molecular complexity index is 647. The van der Waals surface area contributed by atoms with Gasteiger partial charge in [0.05, 0.1) is 12.0 Å². The van der Waals surface area contributed by atoms with Gasteiger partial charge >= 0.3 is 12.1 Å². The average Bonchev–Trinajstić information content (AvgIpc) is 2.56. The van der Waals surface area contributed by atoms with Crippen molar-refractivity contribution in [3.8, 4) is 0 Å². The zero-order chi connectivity index (χ0) is 20.6. The topological polar surface area (TPSA) is 64.6 Å². The number of esters is 1. The molecule has 1 fully saturated rings. The van der Waals surface area contributed by atoms with E-state index in [0.717, 1.165) is 50.5 Å². The molecule has 0 bridgehead atoms. The van der Waals surface area contributed by atoms with Crippen LogP contribution in [-0.2, 0) is 19.7 Å². The van der Waals surface area contributed by atoms with E-state index in [9.17, 15) is 9.59 Å². The summed E-state index contributed by atoms with van der Waals surface area (Å²) in [6.45, 7) is 6.56. The second-order valence-electron chi connectivity index (χ2n) is 8.42. The van der Waals surface area contributed by atoms with Crippen molar-refractivity contribution in [1.82, 2.24) is 5.32 Å². The van der Waals surface area contributed by atoms with Crippen LogP contribution in [0.4, 0.5) is 4.79 Å². The number of amides is 1. The van der Waals surface area contributed by atoms with Crippen molar-refractivity contribution in [2.24, 2.45) is 0 Å². The minimum absolute atomic E-state index is 0.118. The molecule has 6 heteroatoms. The summed E-state index contributed by atoms with van der Waals surface area (Å²) < 4.78 is 10.8. The van der Waals surface area contributed by atoms with Gasteiger partial charge in [0.15, 0.2) is 0 Å². The lowest BCUT2D eigenvalue weighted by Crippen LogP contribution is -2.43. The van der Waals surface area contributed by atoms with E-state index in [2.05, 4.69) is 5.32 Å². The summed E-state index contributed by atoms with van der Waals surface area (Å²) in [5, 5.41) is 3.42. The van der Waals surface area contributed by atoms with Gasteiger partial charge in [0.1, 0.15) is 5.60 Å². The van der Waals surface area contributed by atoms with E-state index in [1.807, 2.05) is 45.0 Å². The molecule has 2 rings (SSSR count). The number of hydrogen-bond acceptors (Lipinski definition) is 4. The number of ether oxygens (including phenoxy) is 2. The van der Waals surface area contributed by atoms with E-state index < -0.39 is 11.0 Å². The highest BCUT2D eigenvalue weighted by Crippen LogP contribution is 2.45. The Morgan fingerprint density at radius 1 is 1.07 bits per heavy atom. The number of hydrogen-bond donors (Lipinski definition) is 1. The minimum atomic E-state index is -0.484. The van der Waals surface area contributed by atoms with Gasteiger partial charge in [0.25, 0.3) is 0 Å². The molecule has 1 aliphatic carbocycles. The molecule has 1 N–H and O–H groups in total. The fraction of sp³-hybridized carbons (Fsp3) is 0.636. The third-order valence-electron chi connectivity index (χ3n) is 4.97. The number of carbonyl (C=O) groups is 2. The second-order valence-corrected chi connectivity index (χ2v) is 8.86. The second kappa shape index (κ2) is 10.1. The summed E-state index contributed by atoms with van der Waals surface area (Å²) in [6.07, 6.45) is 5.97. The molecule has 1 aromatic carbocycles. The van der Waals surface area contributed by atoms with E-state index in [1.165, 1.54) is 0 Å². The molecule has 0 aliphatic heterocycles. The smallest absolute Gasteiger partial charge is 0.407 e. The quantitative estimate of drug-likeness (QED) is 0.438. The van der Waals surface area contributed by atoms with Crippen molar-refractivity contribution >= 4 is 23.7 Å². The molecule has 1 saturated carbocycles. The highest BCUT2D eigenvalue weighted by molar-refractivity contribution is 6.30. The van der Waals surface area contributed by atoms with E-state index in [-0.39, 0.29) is 12.1 Å². The number of nitrogens with one attached hydrogen (secondary N) is 1. The van der Waals surface area contributed by atoms with Crippen LogP contribution >= 0.6 is 11.6 Å². The fourth-order valence-corrected chi connectivity index (χ4v) is 3.42. The van der Waals surface area contributed by atoms with Crippen molar-refractivity contribution in [2.75, 3.05) is 13.2 Å². The first kappa shape index (κ1) is 22.5. The maximum absolute atomic E-state index is 12.6. The number of alkyl carbamates (subject to hydrolysis) is 1. The lowest BCUT2D eigenvalue weighted by Gasteiger charge is -2.39. The first-order valence-corrected chi connectivity index (χ1v) is 10.5. The maximum Gasteiger partial charge on any atom is 0.407 e. The van der Waals surface area contributed by atoms with Crippen LogP contribution in [0.2, 0.25) is 5.02 Å². The molecule has 0 radical (unpaired) electrons. The minimum Gasteiger partial charge on any atom is -0.465 e. The Hall–Kier alpha value is -1.75. The molecular weight excluding hydrogens is 378 g/mol. The summed E-state index contributed by atoms with van der Waals surface area (Å²) in [7, 11) is 0. The van der Waals surface area contributed by atoms with Gasteiger partial charge in [-0.1, -0.05) is 36.6 Å². The maximum atomic E-state index is 12.6. The zero-order valence-corrected chi connectivity index (χ0v) is 17.9. The van der Waals surface area contributed by atoms with Gasteiger partial charge in [-0.15, -0.1) is 0 Å². The van der Waals surface area contributed by atoms with Crippen molar-refractivity contribution in [3.05, 3.63) is 34.9 Å². The van der Waals surface area contributed by atoms with Gasteiger partial charge < -0.3 is 14.8 Å². The Balaban J connectivity index is 1.60. The van der Waals surface area contributed by atoms with Crippen LogP contribution < -0.4 is 5.32 Å². The van der Waals surface area contributed by atoms with Gasteiger partial charge in [0, 0.05) is 11.6 Å². The fourth-order valence-electron chi connectivity index (χ4n) is 3.30. The molecule has 156 valence electrons. The van der Waals surface area contributed by atoms with E-state index in [0.29, 0.717) is 18.2 Å². The summed E-state index contributed by atoms with van der Waals surface area (Å²) in [5.41, 5.74) is 0.0426. The van der Waals surface area contributed by atoms with E-state index in [4.69, 9.17) is 21.1 Å². The number of rotatable bonds is 9. The summed E-state index contributed by atoms with van der Waals surface area (Å²) in [4.78, 5) is 24.2. The number of carbonyl (C=O) groups excluding carboxylic acids is 2. The summed E-state index contributed by atoms with van der Waals surface area (Å²) in [6, 6.07) is 7.52. The molecule has 28 heavy (non-hydrogen) atoms. The van der Waals surface area contributed by atoms with Crippen molar-refractivity contribution < 1.29 is 19.1 Å². The average molecular weight is 410 g/mol. The molecule has 0 aromatic heterocycles. The molecule has 1 aromatic rings. The number of benzene rings is 1. The van der Waals surface area contributed by atoms with Crippen LogP contribution in [0, 0.1) is 0 Å².